The highest BCUT2D eigenvalue weighted by Crippen LogP contribution is 2.14. The van der Waals surface area contributed by atoms with Gasteiger partial charge in [-0.25, -0.2) is 9.59 Å². The minimum atomic E-state index is -1.09. The third-order valence-electron chi connectivity index (χ3n) is 2.79. The highest BCUT2D eigenvalue weighted by molar-refractivity contribution is 5.98. The van der Waals surface area contributed by atoms with Crippen LogP contribution >= 0.6 is 0 Å². The number of carbonyl (C=O) groups excluding carboxylic acids is 3. The number of carbonyl (C=O) groups is 3. The number of hydrogen-bond donors (Lipinski definition) is 2. The Labute approximate surface area is 135 Å². The van der Waals surface area contributed by atoms with Crippen LogP contribution in [0.3, 0.4) is 0 Å². The van der Waals surface area contributed by atoms with E-state index in [9.17, 15) is 14.4 Å². The van der Waals surface area contributed by atoms with Crippen molar-refractivity contribution in [2.24, 2.45) is 5.92 Å². The zero-order chi connectivity index (χ0) is 17.4. The average molecular weight is 322 g/mol. The van der Waals surface area contributed by atoms with Gasteiger partial charge in [0.15, 0.2) is 6.10 Å². The largest absolute Gasteiger partial charge is 0.493 e. The predicted molar refractivity (Wildman–Crippen MR) is 84.3 cm³/mol. The van der Waals surface area contributed by atoms with Gasteiger partial charge in [-0.15, -0.1) is 0 Å². The van der Waals surface area contributed by atoms with E-state index < -0.39 is 24.0 Å². The normalized spacial score (nSPS) is 11.5. The lowest BCUT2D eigenvalue weighted by Gasteiger charge is -2.13. The van der Waals surface area contributed by atoms with Gasteiger partial charge in [-0.05, 0) is 37.1 Å². The van der Waals surface area contributed by atoms with Gasteiger partial charge < -0.3 is 14.8 Å². The number of amides is 3. The van der Waals surface area contributed by atoms with E-state index in [1.54, 1.807) is 24.3 Å². The topological polar surface area (TPSA) is 93.7 Å². The molecule has 0 aliphatic carbocycles. The lowest BCUT2D eigenvalue weighted by Crippen LogP contribution is -2.43. The highest BCUT2D eigenvalue weighted by Gasteiger charge is 2.20. The molecular weight excluding hydrogens is 300 g/mol. The summed E-state index contributed by atoms with van der Waals surface area (Å²) in [5, 5.41) is 4.27. The summed E-state index contributed by atoms with van der Waals surface area (Å²) in [6.45, 7) is 6.05. The van der Waals surface area contributed by atoms with Crippen LogP contribution in [0.15, 0.2) is 24.3 Å². The average Bonchev–Trinajstić information content (AvgIpc) is 2.52. The molecule has 1 aromatic rings. The molecule has 23 heavy (non-hydrogen) atoms. The first-order valence-electron chi connectivity index (χ1n) is 7.30. The first kappa shape index (κ1) is 18.5. The van der Waals surface area contributed by atoms with Crippen LogP contribution in [0, 0.1) is 5.92 Å². The molecule has 0 spiro atoms. The van der Waals surface area contributed by atoms with Crippen molar-refractivity contribution < 1.29 is 23.9 Å². The quantitative estimate of drug-likeness (QED) is 0.778. The van der Waals surface area contributed by atoms with Crippen molar-refractivity contribution in [2.45, 2.75) is 26.9 Å². The zero-order valence-electron chi connectivity index (χ0n) is 13.7. The van der Waals surface area contributed by atoms with E-state index in [0.717, 1.165) is 0 Å². The monoisotopic (exact) mass is 322 g/mol. The minimum Gasteiger partial charge on any atom is -0.493 e. The second kappa shape index (κ2) is 8.77. The standard InChI is InChI=1S/C16H22N2O5/c1-10(2)9-22-13-7-5-12(6-8-13)15(20)23-11(3)14(19)18-16(21)17-4/h5-8,10-11H,9H2,1-4H3,(H2,17,18,19,21). The molecule has 0 aromatic heterocycles. The molecule has 1 rings (SSSR count). The lowest BCUT2D eigenvalue weighted by atomic mass is 10.2. The zero-order valence-corrected chi connectivity index (χ0v) is 13.7. The predicted octanol–water partition coefficient (Wildman–Crippen LogP) is 1.72. The molecule has 0 bridgehead atoms. The van der Waals surface area contributed by atoms with Crippen LogP contribution in [0.1, 0.15) is 31.1 Å². The third-order valence-corrected chi connectivity index (χ3v) is 2.79. The number of nitrogens with one attached hydrogen (secondary N) is 2. The maximum atomic E-state index is 11.9. The van der Waals surface area contributed by atoms with Crippen LogP contribution in [0.5, 0.6) is 5.75 Å². The number of hydrogen-bond acceptors (Lipinski definition) is 5. The Kier molecular flexibility index (Phi) is 7.05. The maximum absolute atomic E-state index is 11.9. The Hall–Kier alpha value is -2.57. The van der Waals surface area contributed by atoms with Gasteiger partial charge in [-0.1, -0.05) is 13.8 Å². The minimum absolute atomic E-state index is 0.293. The van der Waals surface area contributed by atoms with Crippen molar-refractivity contribution in [3.05, 3.63) is 29.8 Å². The van der Waals surface area contributed by atoms with Crippen LogP contribution in [-0.4, -0.2) is 37.7 Å². The molecule has 0 aliphatic rings. The summed E-state index contributed by atoms with van der Waals surface area (Å²) >= 11 is 0. The lowest BCUT2D eigenvalue weighted by molar-refractivity contribution is -0.127. The Balaban J connectivity index is 2.57. The van der Waals surface area contributed by atoms with Crippen molar-refractivity contribution in [2.75, 3.05) is 13.7 Å². The van der Waals surface area contributed by atoms with Crippen molar-refractivity contribution in [1.29, 1.82) is 0 Å². The molecular formula is C16H22N2O5. The molecule has 3 amide bonds. The van der Waals surface area contributed by atoms with E-state index >= 15 is 0 Å². The maximum Gasteiger partial charge on any atom is 0.338 e. The van der Waals surface area contributed by atoms with Crippen molar-refractivity contribution in [3.63, 3.8) is 0 Å². The summed E-state index contributed by atoms with van der Waals surface area (Å²) in [6.07, 6.45) is -1.09. The first-order valence-corrected chi connectivity index (χ1v) is 7.30. The van der Waals surface area contributed by atoms with Gasteiger partial charge in [0, 0.05) is 7.05 Å². The number of ether oxygens (including phenoxy) is 2. The van der Waals surface area contributed by atoms with Crippen LogP contribution in [0.25, 0.3) is 0 Å². The van der Waals surface area contributed by atoms with Crippen molar-refractivity contribution in [1.82, 2.24) is 10.6 Å². The van der Waals surface area contributed by atoms with Crippen LogP contribution < -0.4 is 15.4 Å². The molecule has 0 fully saturated rings. The van der Waals surface area contributed by atoms with E-state index in [1.165, 1.54) is 14.0 Å². The molecule has 1 unspecified atom stereocenters. The molecule has 0 heterocycles. The molecule has 1 aromatic carbocycles. The summed E-state index contributed by atoms with van der Waals surface area (Å²) in [6, 6.07) is 5.77. The fourth-order valence-electron chi connectivity index (χ4n) is 1.51. The van der Waals surface area contributed by atoms with Crippen molar-refractivity contribution >= 4 is 17.9 Å². The smallest absolute Gasteiger partial charge is 0.338 e. The van der Waals surface area contributed by atoms with E-state index in [2.05, 4.69) is 5.32 Å². The first-order chi connectivity index (χ1) is 10.8. The molecule has 7 nitrogen and oxygen atoms in total. The van der Waals surface area contributed by atoms with E-state index in [4.69, 9.17) is 9.47 Å². The third kappa shape index (κ3) is 6.37. The van der Waals surface area contributed by atoms with E-state index in [1.807, 2.05) is 19.2 Å². The van der Waals surface area contributed by atoms with Gasteiger partial charge >= 0.3 is 12.0 Å². The molecule has 1 atom stereocenters. The Morgan fingerprint density at radius 1 is 1.09 bits per heavy atom. The van der Waals surface area contributed by atoms with Crippen LogP contribution in [0.4, 0.5) is 4.79 Å². The van der Waals surface area contributed by atoms with Gasteiger partial charge in [0.2, 0.25) is 0 Å². The van der Waals surface area contributed by atoms with E-state index in [-0.39, 0.29) is 0 Å². The Morgan fingerprint density at radius 2 is 1.70 bits per heavy atom. The number of urea groups is 1. The van der Waals surface area contributed by atoms with Gasteiger partial charge in [-0.3, -0.25) is 10.1 Å². The van der Waals surface area contributed by atoms with E-state index in [0.29, 0.717) is 23.8 Å². The molecule has 0 saturated heterocycles. The number of rotatable bonds is 6. The SMILES string of the molecule is CNC(=O)NC(=O)C(C)OC(=O)c1ccc(OCC(C)C)cc1. The molecule has 0 saturated carbocycles. The summed E-state index contributed by atoms with van der Waals surface area (Å²) in [5.41, 5.74) is 0.293. The van der Waals surface area contributed by atoms with Gasteiger partial charge in [0.25, 0.3) is 5.91 Å². The number of benzene rings is 1. The molecule has 0 aliphatic heterocycles. The Bertz CT molecular complexity index is 554. The number of imide groups is 1. The van der Waals surface area contributed by atoms with Gasteiger partial charge in [0.05, 0.1) is 12.2 Å². The molecule has 126 valence electrons. The number of esters is 1. The molecule has 2 N–H and O–H groups in total. The van der Waals surface area contributed by atoms with Crippen molar-refractivity contribution in [3.8, 4) is 5.75 Å². The summed E-state index contributed by atoms with van der Waals surface area (Å²) < 4.78 is 10.5. The summed E-state index contributed by atoms with van der Waals surface area (Å²) in [7, 11) is 1.38. The fraction of sp³-hybridized carbons (Fsp3) is 0.438. The highest BCUT2D eigenvalue weighted by atomic mass is 16.5. The summed E-state index contributed by atoms with van der Waals surface area (Å²) in [5.74, 6) is -0.297. The molecule has 7 heteroatoms. The second-order valence-corrected chi connectivity index (χ2v) is 5.35. The second-order valence-electron chi connectivity index (χ2n) is 5.35. The van der Waals surface area contributed by atoms with Crippen LogP contribution in [0.2, 0.25) is 0 Å². The van der Waals surface area contributed by atoms with Gasteiger partial charge in [-0.2, -0.15) is 0 Å². The van der Waals surface area contributed by atoms with Gasteiger partial charge in [0.1, 0.15) is 5.75 Å². The molecule has 0 radical (unpaired) electrons. The fourth-order valence-corrected chi connectivity index (χ4v) is 1.51. The van der Waals surface area contributed by atoms with Crippen LogP contribution in [-0.2, 0) is 9.53 Å². The Morgan fingerprint density at radius 3 is 2.22 bits per heavy atom. The summed E-state index contributed by atoms with van der Waals surface area (Å²) in [4.78, 5) is 34.6.